The number of hydrogen-bond acceptors (Lipinski definition) is 8. The molecular formula is C97H132O7S. The van der Waals surface area contributed by atoms with Crippen molar-refractivity contribution >= 4 is 11.8 Å². The van der Waals surface area contributed by atoms with Crippen molar-refractivity contribution in [2.75, 3.05) is 51.1 Å². The van der Waals surface area contributed by atoms with Gasteiger partial charge in [-0.25, -0.2) is 0 Å². The van der Waals surface area contributed by atoms with Crippen LogP contribution in [0.4, 0.5) is 0 Å². The first-order valence-electron chi connectivity index (χ1n) is 41.1. The molecule has 0 aliphatic heterocycles. The van der Waals surface area contributed by atoms with Gasteiger partial charge in [0.05, 0.1) is 32.5 Å². The van der Waals surface area contributed by atoms with E-state index in [1.165, 1.54) is 179 Å². The molecule has 10 atom stereocenters. The molecule has 0 aromatic heterocycles. The van der Waals surface area contributed by atoms with Gasteiger partial charge in [0.1, 0.15) is 43.0 Å². The van der Waals surface area contributed by atoms with Crippen molar-refractivity contribution in [1.29, 1.82) is 0 Å². The van der Waals surface area contributed by atoms with Crippen LogP contribution >= 0.6 is 11.8 Å². The first-order valence-corrected chi connectivity index (χ1v) is 42.2. The number of rotatable bonds is 54. The van der Waals surface area contributed by atoms with E-state index in [2.05, 4.69) is 273 Å². The van der Waals surface area contributed by atoms with E-state index < -0.39 is 24.9 Å². The second kappa shape index (κ2) is 48.7. The fraction of sp³-hybridized carbons (Fsp3) is 0.505. The molecule has 105 heavy (non-hydrogen) atoms. The van der Waals surface area contributed by atoms with Gasteiger partial charge in [-0.05, 0) is 63.1 Å². The van der Waals surface area contributed by atoms with Gasteiger partial charge in [-0.2, -0.15) is 11.8 Å². The molecule has 8 rings (SSSR count). The standard InChI is InChI=1S/C97H132O7S/c1-9-11-13-15-17-19-21-22-23-25-27-47-61-89(73-105-62-48-28-26-24-20-18-16-14-12-10-2)101-69-91(72-104-97-94(78(7)84-57-43-33-44-58-84)65-87(75(4)81-51-37-30-38-52-81)66-95(97)79(8)85-59-45-34-46-60-85)102-70-90(100-68-88(99)67-98)71-103-96-92(76(5)82-53-39-31-40-54-82)63-86(74(3)80-49-35-29-36-50-80)64-93(96)77(6)83-55-41-32-42-56-83/h29-46,49-60,63-66,74-79,88-91,98-99H,9-28,47-48,61-62,67-73H2,1-8H3. The normalized spacial score (nSPS) is 14.6. The van der Waals surface area contributed by atoms with Gasteiger partial charge in [0, 0.05) is 63.5 Å². The Kier molecular flexibility index (Phi) is 39.1. The van der Waals surface area contributed by atoms with Crippen LogP contribution in [0.25, 0.3) is 0 Å². The Morgan fingerprint density at radius 1 is 0.295 bits per heavy atom. The van der Waals surface area contributed by atoms with Crippen LogP contribution in [0, 0.1) is 0 Å². The highest BCUT2D eigenvalue weighted by Gasteiger charge is 2.30. The molecule has 0 saturated carbocycles. The highest BCUT2D eigenvalue weighted by Crippen LogP contribution is 2.45. The first-order chi connectivity index (χ1) is 51.5. The summed E-state index contributed by atoms with van der Waals surface area (Å²) in [6.45, 7) is 18.6. The average Bonchev–Trinajstić information content (AvgIpc) is 0.781. The molecular weight excluding hydrogens is 1310 g/mol. The molecule has 2 N–H and O–H groups in total. The third kappa shape index (κ3) is 28.6. The van der Waals surface area contributed by atoms with Crippen LogP contribution in [-0.2, 0) is 14.2 Å². The molecule has 8 aromatic rings. The van der Waals surface area contributed by atoms with Gasteiger partial charge in [0.2, 0.25) is 0 Å². The van der Waals surface area contributed by atoms with Gasteiger partial charge < -0.3 is 33.9 Å². The van der Waals surface area contributed by atoms with Crippen molar-refractivity contribution in [2.24, 2.45) is 0 Å². The van der Waals surface area contributed by atoms with Crippen molar-refractivity contribution < 1.29 is 33.9 Å². The van der Waals surface area contributed by atoms with Crippen LogP contribution in [0.2, 0.25) is 0 Å². The van der Waals surface area contributed by atoms with Crippen molar-refractivity contribution in [3.8, 4) is 11.5 Å². The number of aliphatic hydroxyl groups excluding tert-OH is 2. The zero-order chi connectivity index (χ0) is 74.1. The van der Waals surface area contributed by atoms with Crippen molar-refractivity contribution in [2.45, 2.75) is 263 Å². The number of ether oxygens (including phenoxy) is 5. The highest BCUT2D eigenvalue weighted by atomic mass is 32.2. The lowest BCUT2D eigenvalue weighted by atomic mass is 9.81. The Bertz CT molecular complexity index is 3370. The number of thioether (sulfide) groups is 1. The fourth-order valence-corrected chi connectivity index (χ4v) is 15.9. The largest absolute Gasteiger partial charge is 0.490 e. The van der Waals surface area contributed by atoms with Gasteiger partial charge in [-0.3, -0.25) is 0 Å². The Balaban J connectivity index is 1.14. The zero-order valence-electron chi connectivity index (χ0n) is 65.7. The summed E-state index contributed by atoms with van der Waals surface area (Å²) in [6, 6.07) is 74.3. The maximum absolute atomic E-state index is 11.1. The summed E-state index contributed by atoms with van der Waals surface area (Å²) in [4.78, 5) is 0. The van der Waals surface area contributed by atoms with Crippen LogP contribution in [0.3, 0.4) is 0 Å². The molecule has 8 aromatic carbocycles. The summed E-state index contributed by atoms with van der Waals surface area (Å²) in [7, 11) is 0. The fourth-order valence-electron chi connectivity index (χ4n) is 14.8. The van der Waals surface area contributed by atoms with Gasteiger partial charge in [0.15, 0.2) is 0 Å². The van der Waals surface area contributed by atoms with Crippen molar-refractivity contribution in [3.63, 3.8) is 0 Å². The van der Waals surface area contributed by atoms with E-state index in [4.69, 9.17) is 23.7 Å². The van der Waals surface area contributed by atoms with Crippen LogP contribution in [-0.4, -0.2) is 85.8 Å². The van der Waals surface area contributed by atoms with E-state index in [0.29, 0.717) is 6.61 Å². The number of benzene rings is 8. The second-order valence-corrected chi connectivity index (χ2v) is 31.3. The smallest absolute Gasteiger partial charge is 0.127 e. The van der Waals surface area contributed by atoms with E-state index in [9.17, 15) is 10.2 Å². The lowest BCUT2D eigenvalue weighted by Gasteiger charge is -2.30. The summed E-state index contributed by atoms with van der Waals surface area (Å²) in [5, 5.41) is 21.4. The van der Waals surface area contributed by atoms with Crippen LogP contribution in [0.5, 0.6) is 11.5 Å². The molecule has 0 aliphatic rings. The molecule has 7 nitrogen and oxygen atoms in total. The lowest BCUT2D eigenvalue weighted by molar-refractivity contribution is -0.110. The lowest BCUT2D eigenvalue weighted by Crippen LogP contribution is -2.37. The minimum atomic E-state index is -1.10. The summed E-state index contributed by atoms with van der Waals surface area (Å²) in [5.41, 5.74) is 14.2. The van der Waals surface area contributed by atoms with Gasteiger partial charge in [0.25, 0.3) is 0 Å². The van der Waals surface area contributed by atoms with Crippen LogP contribution in [0.1, 0.15) is 305 Å². The minimum Gasteiger partial charge on any atom is -0.490 e. The van der Waals surface area contributed by atoms with E-state index >= 15 is 0 Å². The third-order valence-corrected chi connectivity index (χ3v) is 23.1. The number of unbranched alkanes of at least 4 members (excludes halogenated alkanes) is 20. The predicted octanol–water partition coefficient (Wildman–Crippen LogP) is 25.3. The molecule has 0 aliphatic carbocycles. The quantitative estimate of drug-likeness (QED) is 0.0365. The Morgan fingerprint density at radius 2 is 0.562 bits per heavy atom. The van der Waals surface area contributed by atoms with E-state index in [0.717, 1.165) is 58.1 Å². The Morgan fingerprint density at radius 3 is 0.867 bits per heavy atom. The maximum atomic E-state index is 11.1. The number of aliphatic hydroxyl groups is 2. The van der Waals surface area contributed by atoms with Crippen molar-refractivity contribution in [1.82, 2.24) is 0 Å². The molecule has 0 heterocycles. The maximum Gasteiger partial charge on any atom is 0.127 e. The van der Waals surface area contributed by atoms with Gasteiger partial charge >= 0.3 is 0 Å². The van der Waals surface area contributed by atoms with Crippen LogP contribution < -0.4 is 9.47 Å². The Hall–Kier alpha value is -6.49. The Labute approximate surface area is 640 Å². The van der Waals surface area contributed by atoms with E-state index in [1.54, 1.807) is 0 Å². The molecule has 8 heteroatoms. The molecule has 0 spiro atoms. The predicted molar refractivity (Wildman–Crippen MR) is 445 cm³/mol. The monoisotopic (exact) mass is 1440 g/mol. The molecule has 0 radical (unpaired) electrons. The molecule has 0 bridgehead atoms. The zero-order valence-corrected chi connectivity index (χ0v) is 66.5. The highest BCUT2D eigenvalue weighted by molar-refractivity contribution is 7.99. The topological polar surface area (TPSA) is 86.6 Å². The SMILES string of the molecule is CCCCCCCCCCCCCCC(CSCCCCCCCCCCCC)OCC(COc1c(C(C)c2ccccc2)cc(C(C)c2ccccc2)cc1C(C)c1ccccc1)OCC(COc1c(C(C)c2ccccc2)cc(C(C)c2ccccc2)cc1C(C)c1ccccc1)OCC(O)CO. The molecule has 0 fully saturated rings. The number of hydrogen-bond donors (Lipinski definition) is 2. The summed E-state index contributed by atoms with van der Waals surface area (Å²) < 4.78 is 36.4. The summed E-state index contributed by atoms with van der Waals surface area (Å²) in [6.07, 6.45) is 27.7. The van der Waals surface area contributed by atoms with Gasteiger partial charge in [-0.15, -0.1) is 0 Å². The first kappa shape index (κ1) is 84.1. The molecule has 568 valence electrons. The van der Waals surface area contributed by atoms with E-state index in [-0.39, 0.29) is 68.0 Å². The summed E-state index contributed by atoms with van der Waals surface area (Å²) in [5.74, 6) is 3.87. The molecule has 0 saturated heterocycles. The third-order valence-electron chi connectivity index (χ3n) is 21.9. The van der Waals surface area contributed by atoms with E-state index in [1.807, 2.05) is 0 Å². The van der Waals surface area contributed by atoms with Gasteiger partial charge in [-0.1, -0.05) is 396 Å². The summed E-state index contributed by atoms with van der Waals surface area (Å²) >= 11 is 2.05. The second-order valence-electron chi connectivity index (χ2n) is 30.1. The van der Waals surface area contributed by atoms with Crippen LogP contribution in [0.15, 0.2) is 206 Å². The minimum absolute atomic E-state index is 0.0125. The average molecular weight is 1440 g/mol. The van der Waals surface area contributed by atoms with Crippen molar-refractivity contribution in [3.05, 3.63) is 273 Å². The molecule has 0 amide bonds. The molecule has 10 unspecified atom stereocenters.